The SMILES string of the molecule is COc1cc(Br)ccc1C(=O)Cc1ccccc1Cl. The molecule has 0 saturated carbocycles. The van der Waals surface area contributed by atoms with Gasteiger partial charge in [0.25, 0.3) is 0 Å². The van der Waals surface area contributed by atoms with Crippen LogP contribution < -0.4 is 4.74 Å². The van der Waals surface area contributed by atoms with Crippen molar-refractivity contribution in [1.29, 1.82) is 0 Å². The molecule has 0 atom stereocenters. The van der Waals surface area contributed by atoms with E-state index in [2.05, 4.69) is 15.9 Å². The lowest BCUT2D eigenvalue weighted by Gasteiger charge is -2.09. The first kappa shape index (κ1) is 14.1. The van der Waals surface area contributed by atoms with Crippen molar-refractivity contribution in [3.8, 4) is 5.75 Å². The maximum Gasteiger partial charge on any atom is 0.171 e. The van der Waals surface area contributed by atoms with Crippen LogP contribution in [-0.2, 0) is 6.42 Å². The van der Waals surface area contributed by atoms with Crippen LogP contribution in [0.5, 0.6) is 5.75 Å². The number of hydrogen-bond donors (Lipinski definition) is 0. The van der Waals surface area contributed by atoms with Crippen LogP contribution in [0.2, 0.25) is 5.02 Å². The van der Waals surface area contributed by atoms with E-state index in [0.29, 0.717) is 16.3 Å². The van der Waals surface area contributed by atoms with E-state index in [1.54, 1.807) is 25.3 Å². The van der Waals surface area contributed by atoms with Crippen LogP contribution in [0, 0.1) is 0 Å². The van der Waals surface area contributed by atoms with Gasteiger partial charge in [0.2, 0.25) is 0 Å². The molecule has 2 aromatic carbocycles. The first-order valence-electron chi connectivity index (χ1n) is 5.72. The molecule has 0 saturated heterocycles. The summed E-state index contributed by atoms with van der Waals surface area (Å²) in [6.07, 6.45) is 0.262. The molecule has 98 valence electrons. The lowest BCUT2D eigenvalue weighted by molar-refractivity contribution is 0.0990. The van der Waals surface area contributed by atoms with Gasteiger partial charge in [-0.05, 0) is 29.8 Å². The third kappa shape index (κ3) is 3.37. The lowest BCUT2D eigenvalue weighted by Crippen LogP contribution is -2.06. The van der Waals surface area contributed by atoms with Crippen molar-refractivity contribution in [3.63, 3.8) is 0 Å². The van der Waals surface area contributed by atoms with Crippen molar-refractivity contribution in [2.45, 2.75) is 6.42 Å². The van der Waals surface area contributed by atoms with Crippen LogP contribution in [0.25, 0.3) is 0 Å². The molecule has 0 spiro atoms. The van der Waals surface area contributed by atoms with Gasteiger partial charge in [-0.2, -0.15) is 0 Å². The van der Waals surface area contributed by atoms with E-state index in [0.717, 1.165) is 10.0 Å². The van der Waals surface area contributed by atoms with Crippen LogP contribution in [0.15, 0.2) is 46.9 Å². The molecule has 2 nitrogen and oxygen atoms in total. The van der Waals surface area contributed by atoms with E-state index in [4.69, 9.17) is 16.3 Å². The molecule has 0 aliphatic carbocycles. The second kappa shape index (κ2) is 6.22. The number of Topliss-reactive ketones (excluding diaryl/α,β-unsaturated/α-hetero) is 1. The highest BCUT2D eigenvalue weighted by Crippen LogP contribution is 2.26. The number of ether oxygens (including phenoxy) is 1. The average Bonchev–Trinajstić information content (AvgIpc) is 2.41. The zero-order valence-electron chi connectivity index (χ0n) is 10.3. The van der Waals surface area contributed by atoms with Crippen LogP contribution in [0.1, 0.15) is 15.9 Å². The molecule has 0 heterocycles. The minimum absolute atomic E-state index is 0.0162. The number of carbonyl (C=O) groups is 1. The molecule has 0 aromatic heterocycles. The maximum atomic E-state index is 12.3. The summed E-state index contributed by atoms with van der Waals surface area (Å²) in [4.78, 5) is 12.3. The van der Waals surface area contributed by atoms with Gasteiger partial charge in [-0.25, -0.2) is 0 Å². The van der Waals surface area contributed by atoms with E-state index in [-0.39, 0.29) is 12.2 Å². The summed E-state index contributed by atoms with van der Waals surface area (Å²) in [6, 6.07) is 12.7. The summed E-state index contributed by atoms with van der Waals surface area (Å²) in [5.41, 5.74) is 1.38. The molecule has 0 aliphatic rings. The quantitative estimate of drug-likeness (QED) is 0.765. The lowest BCUT2D eigenvalue weighted by atomic mass is 10.0. The number of methoxy groups -OCH3 is 1. The zero-order chi connectivity index (χ0) is 13.8. The number of halogens is 2. The van der Waals surface area contributed by atoms with Gasteiger partial charge in [0.05, 0.1) is 12.7 Å². The van der Waals surface area contributed by atoms with E-state index in [1.807, 2.05) is 24.3 Å². The topological polar surface area (TPSA) is 26.3 Å². The van der Waals surface area contributed by atoms with Gasteiger partial charge < -0.3 is 4.74 Å². The van der Waals surface area contributed by atoms with E-state index >= 15 is 0 Å². The van der Waals surface area contributed by atoms with E-state index in [1.165, 1.54) is 0 Å². The Morgan fingerprint density at radius 2 is 2.00 bits per heavy atom. The summed E-state index contributed by atoms with van der Waals surface area (Å²) < 4.78 is 6.11. The largest absolute Gasteiger partial charge is 0.496 e. The Hall–Kier alpha value is -1.32. The molecule has 19 heavy (non-hydrogen) atoms. The van der Waals surface area contributed by atoms with Crippen molar-refractivity contribution < 1.29 is 9.53 Å². The fourth-order valence-electron chi connectivity index (χ4n) is 1.81. The Kier molecular flexibility index (Phi) is 4.61. The summed E-state index contributed by atoms with van der Waals surface area (Å²) in [6.45, 7) is 0. The Bertz CT molecular complexity index is 611. The van der Waals surface area contributed by atoms with Gasteiger partial charge >= 0.3 is 0 Å². The Labute approximate surface area is 125 Å². The third-order valence-corrected chi connectivity index (χ3v) is 3.63. The fraction of sp³-hybridized carbons (Fsp3) is 0.133. The van der Waals surface area contributed by atoms with Gasteiger partial charge in [-0.15, -0.1) is 0 Å². The van der Waals surface area contributed by atoms with Crippen LogP contribution in [0.4, 0.5) is 0 Å². The fourth-order valence-corrected chi connectivity index (χ4v) is 2.35. The molecule has 0 fully saturated rings. The molecule has 0 unspecified atom stereocenters. The molecular weight excluding hydrogens is 328 g/mol. The zero-order valence-corrected chi connectivity index (χ0v) is 12.7. The minimum Gasteiger partial charge on any atom is -0.496 e. The van der Waals surface area contributed by atoms with Gasteiger partial charge in [0, 0.05) is 15.9 Å². The second-order valence-corrected chi connectivity index (χ2v) is 5.36. The second-order valence-electron chi connectivity index (χ2n) is 4.04. The Morgan fingerprint density at radius 1 is 1.26 bits per heavy atom. The highest BCUT2D eigenvalue weighted by molar-refractivity contribution is 9.10. The normalized spacial score (nSPS) is 10.3. The van der Waals surface area contributed by atoms with Crippen LogP contribution in [0.3, 0.4) is 0 Å². The van der Waals surface area contributed by atoms with Crippen molar-refractivity contribution in [2.24, 2.45) is 0 Å². The highest BCUT2D eigenvalue weighted by atomic mass is 79.9. The van der Waals surface area contributed by atoms with Crippen LogP contribution in [-0.4, -0.2) is 12.9 Å². The third-order valence-electron chi connectivity index (χ3n) is 2.77. The number of carbonyl (C=O) groups excluding carboxylic acids is 1. The maximum absolute atomic E-state index is 12.3. The van der Waals surface area contributed by atoms with E-state index < -0.39 is 0 Å². The predicted octanol–water partition coefficient (Wildman–Crippen LogP) is 4.54. The summed E-state index contributed by atoms with van der Waals surface area (Å²) >= 11 is 9.42. The van der Waals surface area contributed by atoms with E-state index in [9.17, 15) is 4.79 Å². The number of rotatable bonds is 4. The minimum atomic E-state index is -0.0162. The van der Waals surface area contributed by atoms with Crippen molar-refractivity contribution >= 4 is 33.3 Å². The highest BCUT2D eigenvalue weighted by Gasteiger charge is 2.14. The molecule has 0 aliphatic heterocycles. The Balaban J connectivity index is 2.28. The molecule has 0 amide bonds. The van der Waals surface area contributed by atoms with Crippen molar-refractivity contribution in [2.75, 3.05) is 7.11 Å². The number of ketones is 1. The molecule has 0 N–H and O–H groups in total. The molecule has 2 aromatic rings. The molecule has 4 heteroatoms. The molecule has 0 radical (unpaired) electrons. The standard InChI is InChI=1S/C15H12BrClO2/c1-19-15-9-11(16)6-7-12(15)14(18)8-10-4-2-3-5-13(10)17/h2-7,9H,8H2,1H3. The Morgan fingerprint density at radius 3 is 2.68 bits per heavy atom. The van der Waals surface area contributed by atoms with Crippen molar-refractivity contribution in [1.82, 2.24) is 0 Å². The van der Waals surface area contributed by atoms with Gasteiger partial charge in [-0.3, -0.25) is 4.79 Å². The monoisotopic (exact) mass is 338 g/mol. The van der Waals surface area contributed by atoms with Gasteiger partial charge in [0.1, 0.15) is 5.75 Å². The summed E-state index contributed by atoms with van der Waals surface area (Å²) in [5, 5.41) is 0.604. The summed E-state index contributed by atoms with van der Waals surface area (Å²) in [5.74, 6) is 0.545. The van der Waals surface area contributed by atoms with Gasteiger partial charge in [-0.1, -0.05) is 45.7 Å². The molecule has 2 rings (SSSR count). The first-order valence-corrected chi connectivity index (χ1v) is 6.89. The molecule has 0 bridgehead atoms. The van der Waals surface area contributed by atoms with Gasteiger partial charge in [0.15, 0.2) is 5.78 Å². The van der Waals surface area contributed by atoms with Crippen LogP contribution >= 0.6 is 27.5 Å². The average molecular weight is 340 g/mol. The predicted molar refractivity (Wildman–Crippen MR) is 80.2 cm³/mol. The summed E-state index contributed by atoms with van der Waals surface area (Å²) in [7, 11) is 1.55. The number of hydrogen-bond acceptors (Lipinski definition) is 2. The smallest absolute Gasteiger partial charge is 0.171 e. The molecular formula is C15H12BrClO2. The number of benzene rings is 2. The first-order chi connectivity index (χ1) is 9.11. The van der Waals surface area contributed by atoms with Crippen molar-refractivity contribution in [3.05, 3.63) is 63.1 Å².